The number of aliphatic carboxylic acids is 1. The van der Waals surface area contributed by atoms with Gasteiger partial charge in [-0.2, -0.15) is 0 Å². The first-order valence-corrected chi connectivity index (χ1v) is 7.77. The topological polar surface area (TPSA) is 75.6 Å². The maximum atomic E-state index is 12.4. The quantitative estimate of drug-likeness (QED) is 0.704. The van der Waals surface area contributed by atoms with Gasteiger partial charge < -0.3 is 15.2 Å². The summed E-state index contributed by atoms with van der Waals surface area (Å²) in [5, 5.41) is 12.2. The second-order valence-corrected chi connectivity index (χ2v) is 6.57. The Balaban J connectivity index is 1.88. The molecule has 0 unspecified atom stereocenters. The van der Waals surface area contributed by atoms with Crippen LogP contribution in [0, 0.1) is 17.8 Å². The lowest BCUT2D eigenvalue weighted by Crippen LogP contribution is -2.45. The van der Waals surface area contributed by atoms with Crippen molar-refractivity contribution in [2.24, 2.45) is 17.8 Å². The lowest BCUT2D eigenvalue weighted by molar-refractivity contribution is -0.146. The van der Waals surface area contributed by atoms with E-state index in [-0.39, 0.29) is 18.1 Å². The Morgan fingerprint density at radius 2 is 1.76 bits per heavy atom. The summed E-state index contributed by atoms with van der Waals surface area (Å²) in [4.78, 5) is 23.7. The number of nitrogens with one attached hydrogen (secondary N) is 1. The number of hydrogen-bond donors (Lipinski definition) is 2. The first-order valence-electron chi connectivity index (χ1n) is 7.77. The van der Waals surface area contributed by atoms with Crippen LogP contribution in [0.3, 0.4) is 0 Å². The van der Waals surface area contributed by atoms with Crippen LogP contribution in [-0.2, 0) is 14.3 Å². The molecule has 0 aromatic carbocycles. The van der Waals surface area contributed by atoms with Crippen molar-refractivity contribution in [3.8, 4) is 0 Å². The molecule has 118 valence electrons. The van der Waals surface area contributed by atoms with Crippen LogP contribution in [0.15, 0.2) is 12.2 Å². The highest BCUT2D eigenvalue weighted by molar-refractivity contribution is 5.87. The van der Waals surface area contributed by atoms with Crippen molar-refractivity contribution < 1.29 is 19.4 Å². The van der Waals surface area contributed by atoms with E-state index in [1.54, 1.807) is 12.2 Å². The van der Waals surface area contributed by atoms with Gasteiger partial charge in [-0.1, -0.05) is 38.8 Å². The molecular weight excluding hydrogens is 270 g/mol. The summed E-state index contributed by atoms with van der Waals surface area (Å²) in [7, 11) is 0. The third-order valence-corrected chi connectivity index (χ3v) is 4.29. The molecule has 2 bridgehead atoms. The van der Waals surface area contributed by atoms with Gasteiger partial charge >= 0.3 is 5.97 Å². The fourth-order valence-corrected chi connectivity index (χ4v) is 3.16. The number of amides is 1. The standard InChI is InChI=1S/C16H25NO4/c1-9(2)5-4-6-10(3)17-15(18)13-11-7-8-12(21-11)14(13)16(19)20/h7-14H,4-6H2,1-3H3,(H,17,18)(H,19,20)/t10-,11-,12+,13+,14-/m0/s1. The second kappa shape index (κ2) is 6.60. The molecule has 2 aliphatic heterocycles. The van der Waals surface area contributed by atoms with Gasteiger partial charge in [0.1, 0.15) is 5.92 Å². The molecule has 0 radical (unpaired) electrons. The third-order valence-electron chi connectivity index (χ3n) is 4.29. The van der Waals surface area contributed by atoms with E-state index in [1.165, 1.54) is 0 Å². The number of hydrogen-bond acceptors (Lipinski definition) is 3. The van der Waals surface area contributed by atoms with Crippen LogP contribution in [0.5, 0.6) is 0 Å². The maximum absolute atomic E-state index is 12.4. The molecule has 5 nitrogen and oxygen atoms in total. The smallest absolute Gasteiger partial charge is 0.310 e. The Morgan fingerprint density at radius 3 is 2.33 bits per heavy atom. The van der Waals surface area contributed by atoms with E-state index in [4.69, 9.17) is 4.74 Å². The highest BCUT2D eigenvalue weighted by atomic mass is 16.5. The van der Waals surface area contributed by atoms with Gasteiger partial charge in [0.25, 0.3) is 0 Å². The van der Waals surface area contributed by atoms with Crippen LogP contribution in [-0.4, -0.2) is 35.2 Å². The molecule has 2 aliphatic rings. The molecule has 1 saturated heterocycles. The summed E-state index contributed by atoms with van der Waals surface area (Å²) in [5.74, 6) is -1.86. The average molecular weight is 295 g/mol. The summed E-state index contributed by atoms with van der Waals surface area (Å²) in [5.41, 5.74) is 0. The predicted molar refractivity (Wildman–Crippen MR) is 78.7 cm³/mol. The summed E-state index contributed by atoms with van der Waals surface area (Å²) in [6.07, 6.45) is 5.82. The van der Waals surface area contributed by atoms with Crippen molar-refractivity contribution in [3.05, 3.63) is 12.2 Å². The molecular formula is C16H25NO4. The summed E-state index contributed by atoms with van der Waals surface area (Å²) >= 11 is 0. The molecule has 21 heavy (non-hydrogen) atoms. The molecule has 0 aromatic heterocycles. The molecule has 2 rings (SSSR count). The van der Waals surface area contributed by atoms with E-state index in [2.05, 4.69) is 19.2 Å². The van der Waals surface area contributed by atoms with Gasteiger partial charge in [0.15, 0.2) is 0 Å². The van der Waals surface area contributed by atoms with Crippen molar-refractivity contribution in [2.45, 2.75) is 58.3 Å². The van der Waals surface area contributed by atoms with E-state index in [0.29, 0.717) is 5.92 Å². The van der Waals surface area contributed by atoms with Gasteiger partial charge in [0, 0.05) is 6.04 Å². The van der Waals surface area contributed by atoms with Gasteiger partial charge in [0.05, 0.1) is 18.1 Å². The number of fused-ring (bicyclic) bond motifs is 2. The van der Waals surface area contributed by atoms with Crippen molar-refractivity contribution in [1.82, 2.24) is 5.32 Å². The number of carbonyl (C=O) groups is 2. The number of carboxylic acid groups (broad SMARTS) is 1. The van der Waals surface area contributed by atoms with Crippen LogP contribution in [0.25, 0.3) is 0 Å². The minimum absolute atomic E-state index is 0.0637. The van der Waals surface area contributed by atoms with Crippen LogP contribution >= 0.6 is 0 Å². The average Bonchev–Trinajstić information content (AvgIpc) is 2.97. The van der Waals surface area contributed by atoms with Crippen molar-refractivity contribution in [3.63, 3.8) is 0 Å². The molecule has 0 spiro atoms. The molecule has 0 aliphatic carbocycles. The van der Waals surface area contributed by atoms with Crippen molar-refractivity contribution in [2.75, 3.05) is 0 Å². The van der Waals surface area contributed by atoms with E-state index in [1.807, 2.05) is 6.92 Å². The van der Waals surface area contributed by atoms with Gasteiger partial charge in [-0.25, -0.2) is 0 Å². The number of carbonyl (C=O) groups excluding carboxylic acids is 1. The zero-order chi connectivity index (χ0) is 15.6. The largest absolute Gasteiger partial charge is 0.481 e. The second-order valence-electron chi connectivity index (χ2n) is 6.57. The summed E-state index contributed by atoms with van der Waals surface area (Å²) in [6, 6.07) is 0.0637. The van der Waals surface area contributed by atoms with Crippen LogP contribution in [0.2, 0.25) is 0 Å². The van der Waals surface area contributed by atoms with Gasteiger partial charge in [-0.3, -0.25) is 9.59 Å². The Kier molecular flexibility index (Phi) is 5.04. The van der Waals surface area contributed by atoms with E-state index in [0.717, 1.165) is 19.3 Å². The maximum Gasteiger partial charge on any atom is 0.310 e. The fourth-order valence-electron chi connectivity index (χ4n) is 3.16. The van der Waals surface area contributed by atoms with Crippen LogP contribution < -0.4 is 5.32 Å². The van der Waals surface area contributed by atoms with E-state index in [9.17, 15) is 14.7 Å². The highest BCUT2D eigenvalue weighted by Crippen LogP contribution is 2.39. The molecule has 0 saturated carbocycles. The fraction of sp³-hybridized carbons (Fsp3) is 0.750. The molecule has 2 N–H and O–H groups in total. The molecule has 5 heteroatoms. The third kappa shape index (κ3) is 3.64. The Morgan fingerprint density at radius 1 is 1.14 bits per heavy atom. The van der Waals surface area contributed by atoms with E-state index >= 15 is 0 Å². The van der Waals surface area contributed by atoms with Gasteiger partial charge in [-0.05, 0) is 19.3 Å². The Bertz CT molecular complexity index is 432. The summed E-state index contributed by atoms with van der Waals surface area (Å²) < 4.78 is 5.52. The minimum atomic E-state index is -0.959. The zero-order valence-corrected chi connectivity index (χ0v) is 12.9. The Hall–Kier alpha value is -1.36. The molecule has 1 fully saturated rings. The number of ether oxygens (including phenoxy) is 1. The molecule has 5 atom stereocenters. The normalized spacial score (nSPS) is 31.6. The predicted octanol–water partition coefficient (Wildman–Crippen LogP) is 1.97. The van der Waals surface area contributed by atoms with Crippen molar-refractivity contribution >= 4 is 11.9 Å². The lowest BCUT2D eigenvalue weighted by atomic mass is 9.82. The Labute approximate surface area is 125 Å². The zero-order valence-electron chi connectivity index (χ0n) is 12.9. The minimum Gasteiger partial charge on any atom is -0.481 e. The highest BCUT2D eigenvalue weighted by Gasteiger charge is 2.53. The molecule has 0 aromatic rings. The number of carboxylic acids is 1. The first kappa shape index (κ1) is 16.0. The van der Waals surface area contributed by atoms with Gasteiger partial charge in [-0.15, -0.1) is 0 Å². The number of rotatable bonds is 7. The van der Waals surface area contributed by atoms with Crippen LogP contribution in [0.4, 0.5) is 0 Å². The SMILES string of the molecule is CC(C)CCC[C@H](C)NC(=O)[C@H]1[C@@H](C(=O)O)[C@H]2C=C[C@@H]1O2. The lowest BCUT2D eigenvalue weighted by Gasteiger charge is -2.23. The monoisotopic (exact) mass is 295 g/mol. The molecule has 2 heterocycles. The summed E-state index contributed by atoms with van der Waals surface area (Å²) in [6.45, 7) is 6.33. The molecule has 1 amide bonds. The first-order chi connectivity index (χ1) is 9.90. The van der Waals surface area contributed by atoms with Crippen molar-refractivity contribution in [1.29, 1.82) is 0 Å². The van der Waals surface area contributed by atoms with Crippen LogP contribution in [0.1, 0.15) is 40.0 Å². The van der Waals surface area contributed by atoms with E-state index < -0.39 is 23.9 Å². The van der Waals surface area contributed by atoms with Gasteiger partial charge in [0.2, 0.25) is 5.91 Å².